The van der Waals surface area contributed by atoms with E-state index in [2.05, 4.69) is 10.3 Å². The molecule has 0 bridgehead atoms. The summed E-state index contributed by atoms with van der Waals surface area (Å²) in [5.74, 6) is -0.438. The van der Waals surface area contributed by atoms with Crippen molar-refractivity contribution in [1.82, 2.24) is 10.3 Å². The molecule has 0 radical (unpaired) electrons. The molecule has 3 rings (SSSR count). The molecule has 0 fully saturated rings. The number of carbonyl (C=O) groups excluding carboxylic acids is 1. The average molecular weight is 340 g/mol. The number of fused-ring (bicyclic) bond motifs is 1. The molecule has 2 unspecified atom stereocenters. The lowest BCUT2D eigenvalue weighted by Crippen LogP contribution is -2.34. The number of amides is 1. The maximum atomic E-state index is 13.2. The van der Waals surface area contributed by atoms with Gasteiger partial charge in [-0.15, -0.1) is 0 Å². The van der Waals surface area contributed by atoms with E-state index in [1.807, 2.05) is 37.3 Å². The number of hydrogen-bond donors (Lipinski definition) is 3. The van der Waals surface area contributed by atoms with Crippen molar-refractivity contribution in [2.24, 2.45) is 0 Å². The number of carbonyl (C=O) groups is 1. The van der Waals surface area contributed by atoms with Crippen LogP contribution in [0.3, 0.4) is 0 Å². The van der Waals surface area contributed by atoms with Crippen LogP contribution in [0.1, 0.15) is 30.6 Å². The minimum absolute atomic E-state index is 0.127. The minimum Gasteiger partial charge on any atom is -0.388 e. The highest BCUT2D eigenvalue weighted by molar-refractivity contribution is 5.89. The highest BCUT2D eigenvalue weighted by Crippen LogP contribution is 2.20. The van der Waals surface area contributed by atoms with E-state index in [-0.39, 0.29) is 24.2 Å². The zero-order valence-electron chi connectivity index (χ0n) is 14.0. The molecule has 130 valence electrons. The molecular formula is C20H21FN2O2. The molecule has 0 spiro atoms. The summed E-state index contributed by atoms with van der Waals surface area (Å²) < 4.78 is 13.2. The van der Waals surface area contributed by atoms with Crippen molar-refractivity contribution < 1.29 is 14.3 Å². The largest absolute Gasteiger partial charge is 0.388 e. The third-order valence-electron chi connectivity index (χ3n) is 4.25. The second-order valence-electron chi connectivity index (χ2n) is 6.31. The Labute approximate surface area is 145 Å². The highest BCUT2D eigenvalue weighted by atomic mass is 19.1. The number of aromatic nitrogens is 1. The third kappa shape index (κ3) is 4.25. The molecule has 1 heterocycles. The zero-order valence-corrected chi connectivity index (χ0v) is 14.0. The van der Waals surface area contributed by atoms with Crippen LogP contribution in [0.15, 0.2) is 54.7 Å². The van der Waals surface area contributed by atoms with E-state index >= 15 is 0 Å². The van der Waals surface area contributed by atoms with Crippen LogP contribution >= 0.6 is 0 Å². The molecule has 3 N–H and O–H groups in total. The Bertz CT molecular complexity index is 861. The van der Waals surface area contributed by atoms with Crippen LogP contribution in [0.25, 0.3) is 10.9 Å². The summed E-state index contributed by atoms with van der Waals surface area (Å²) >= 11 is 0. The van der Waals surface area contributed by atoms with Gasteiger partial charge in [-0.25, -0.2) is 4.39 Å². The van der Waals surface area contributed by atoms with Gasteiger partial charge in [-0.05, 0) is 42.7 Å². The van der Waals surface area contributed by atoms with Gasteiger partial charge in [0.25, 0.3) is 0 Å². The van der Waals surface area contributed by atoms with Crippen LogP contribution in [-0.4, -0.2) is 22.0 Å². The van der Waals surface area contributed by atoms with Gasteiger partial charge in [0.2, 0.25) is 5.91 Å². The third-order valence-corrected chi connectivity index (χ3v) is 4.25. The summed E-state index contributed by atoms with van der Waals surface area (Å²) in [7, 11) is 0. The number of rotatable bonds is 6. The standard InChI is InChI=1S/C20H21FN2O2/c1-13(9-19(24)14-5-3-2-4-6-14)23-20(25)10-15-12-22-18-11-16(21)7-8-17(15)18/h2-8,11-13,19,22,24H,9-10H2,1H3,(H,23,25). The van der Waals surface area contributed by atoms with Crippen LogP contribution in [0.4, 0.5) is 4.39 Å². The molecule has 25 heavy (non-hydrogen) atoms. The second kappa shape index (κ2) is 7.49. The topological polar surface area (TPSA) is 65.1 Å². The summed E-state index contributed by atoms with van der Waals surface area (Å²) in [4.78, 5) is 15.3. The van der Waals surface area contributed by atoms with Gasteiger partial charge in [0, 0.05) is 23.1 Å². The normalized spacial score (nSPS) is 13.6. The van der Waals surface area contributed by atoms with E-state index in [9.17, 15) is 14.3 Å². The summed E-state index contributed by atoms with van der Waals surface area (Å²) in [5.41, 5.74) is 2.33. The predicted molar refractivity (Wildman–Crippen MR) is 95.6 cm³/mol. The maximum Gasteiger partial charge on any atom is 0.224 e. The summed E-state index contributed by atoms with van der Waals surface area (Å²) in [6, 6.07) is 13.7. The molecule has 0 aliphatic heterocycles. The first-order chi connectivity index (χ1) is 12.0. The fraction of sp³-hybridized carbons (Fsp3) is 0.250. The summed E-state index contributed by atoms with van der Waals surface area (Å²) in [6.07, 6.45) is 1.76. The maximum absolute atomic E-state index is 13.2. The first kappa shape index (κ1) is 17.2. The van der Waals surface area contributed by atoms with Gasteiger partial charge in [-0.1, -0.05) is 30.3 Å². The van der Waals surface area contributed by atoms with Gasteiger partial charge in [0.15, 0.2) is 0 Å². The SMILES string of the molecule is CC(CC(O)c1ccccc1)NC(=O)Cc1c[nH]c2cc(F)ccc12. The van der Waals surface area contributed by atoms with Crippen molar-refractivity contribution in [3.05, 3.63) is 71.7 Å². The number of hydrogen-bond acceptors (Lipinski definition) is 2. The Morgan fingerprint density at radius 3 is 2.76 bits per heavy atom. The number of halogens is 1. The average Bonchev–Trinajstić information content (AvgIpc) is 2.97. The lowest BCUT2D eigenvalue weighted by atomic mass is 10.0. The Morgan fingerprint density at radius 1 is 1.24 bits per heavy atom. The fourth-order valence-corrected chi connectivity index (χ4v) is 3.01. The molecule has 5 heteroatoms. The van der Waals surface area contributed by atoms with Crippen molar-refractivity contribution >= 4 is 16.8 Å². The van der Waals surface area contributed by atoms with Crippen LogP contribution in [0.2, 0.25) is 0 Å². The first-order valence-electron chi connectivity index (χ1n) is 8.31. The van der Waals surface area contributed by atoms with Gasteiger partial charge >= 0.3 is 0 Å². The van der Waals surface area contributed by atoms with Crippen molar-refractivity contribution in [3.8, 4) is 0 Å². The molecule has 1 amide bonds. The van der Waals surface area contributed by atoms with E-state index in [4.69, 9.17) is 0 Å². The molecule has 0 aliphatic carbocycles. The molecule has 0 aliphatic rings. The van der Waals surface area contributed by atoms with E-state index in [1.54, 1.807) is 12.3 Å². The highest BCUT2D eigenvalue weighted by Gasteiger charge is 2.15. The lowest BCUT2D eigenvalue weighted by molar-refractivity contribution is -0.121. The van der Waals surface area contributed by atoms with Crippen molar-refractivity contribution in [3.63, 3.8) is 0 Å². The van der Waals surface area contributed by atoms with E-state index in [0.29, 0.717) is 11.9 Å². The Kier molecular flexibility index (Phi) is 5.14. The predicted octanol–water partition coefficient (Wildman–Crippen LogP) is 3.48. The van der Waals surface area contributed by atoms with Crippen LogP contribution in [0, 0.1) is 5.82 Å². The van der Waals surface area contributed by atoms with Gasteiger partial charge in [0.05, 0.1) is 12.5 Å². The molecule has 2 aromatic carbocycles. The van der Waals surface area contributed by atoms with Crippen molar-refractivity contribution in [2.75, 3.05) is 0 Å². The Balaban J connectivity index is 1.58. The van der Waals surface area contributed by atoms with E-state index in [1.165, 1.54) is 12.1 Å². The number of aliphatic hydroxyl groups is 1. The van der Waals surface area contributed by atoms with Gasteiger partial charge in [-0.3, -0.25) is 4.79 Å². The Morgan fingerprint density at radius 2 is 2.00 bits per heavy atom. The molecule has 1 aromatic heterocycles. The molecule has 0 saturated heterocycles. The van der Waals surface area contributed by atoms with Gasteiger partial charge in [-0.2, -0.15) is 0 Å². The van der Waals surface area contributed by atoms with Crippen LogP contribution in [-0.2, 0) is 11.2 Å². The van der Waals surface area contributed by atoms with Gasteiger partial charge in [0.1, 0.15) is 5.82 Å². The summed E-state index contributed by atoms with van der Waals surface area (Å²) in [5, 5.41) is 14.0. The second-order valence-corrected chi connectivity index (χ2v) is 6.31. The number of nitrogens with one attached hydrogen (secondary N) is 2. The van der Waals surface area contributed by atoms with Crippen LogP contribution in [0.5, 0.6) is 0 Å². The lowest BCUT2D eigenvalue weighted by Gasteiger charge is -2.18. The molecule has 3 aromatic rings. The van der Waals surface area contributed by atoms with Crippen molar-refractivity contribution in [2.45, 2.75) is 31.9 Å². The monoisotopic (exact) mass is 340 g/mol. The van der Waals surface area contributed by atoms with Crippen molar-refractivity contribution in [1.29, 1.82) is 0 Å². The quantitative estimate of drug-likeness (QED) is 0.643. The minimum atomic E-state index is -0.618. The van der Waals surface area contributed by atoms with E-state index in [0.717, 1.165) is 16.5 Å². The number of benzene rings is 2. The first-order valence-corrected chi connectivity index (χ1v) is 8.31. The molecular weight excluding hydrogens is 319 g/mol. The smallest absolute Gasteiger partial charge is 0.224 e. The molecule has 0 saturated carbocycles. The fourth-order valence-electron chi connectivity index (χ4n) is 3.01. The number of aliphatic hydroxyl groups excluding tert-OH is 1. The van der Waals surface area contributed by atoms with E-state index < -0.39 is 6.10 Å². The molecule has 2 atom stereocenters. The Hall–Kier alpha value is -2.66. The van der Waals surface area contributed by atoms with Gasteiger partial charge < -0.3 is 15.4 Å². The number of H-pyrrole nitrogens is 1. The molecule has 4 nitrogen and oxygen atoms in total. The number of aromatic amines is 1. The summed E-state index contributed by atoms with van der Waals surface area (Å²) in [6.45, 7) is 1.87. The van der Waals surface area contributed by atoms with Crippen LogP contribution < -0.4 is 5.32 Å². The zero-order chi connectivity index (χ0) is 17.8.